The molecule has 1 saturated heterocycles. The first-order valence-corrected chi connectivity index (χ1v) is 9.82. The zero-order valence-electron chi connectivity index (χ0n) is 15.4. The fourth-order valence-electron chi connectivity index (χ4n) is 2.77. The molecule has 5 nitrogen and oxygen atoms in total. The average molecular weight is 416 g/mol. The molecule has 1 fully saturated rings. The third-order valence-electron chi connectivity index (χ3n) is 4.26. The molecule has 3 rings (SSSR count). The molecule has 28 heavy (non-hydrogen) atoms. The lowest BCUT2D eigenvalue weighted by Gasteiger charge is -2.26. The summed E-state index contributed by atoms with van der Waals surface area (Å²) in [7, 11) is 0. The van der Waals surface area contributed by atoms with Crippen molar-refractivity contribution in [3.63, 3.8) is 0 Å². The molecule has 1 aliphatic rings. The van der Waals surface area contributed by atoms with Gasteiger partial charge in [0, 0.05) is 36.4 Å². The van der Waals surface area contributed by atoms with Gasteiger partial charge in [-0.05, 0) is 53.7 Å². The second kappa shape index (κ2) is 10.3. The average Bonchev–Trinajstić information content (AvgIpc) is 2.70. The summed E-state index contributed by atoms with van der Waals surface area (Å²) in [4.78, 5) is 14.4. The number of hydrogen-bond acceptors (Lipinski definition) is 4. The second-order valence-corrected chi connectivity index (χ2v) is 7.26. The van der Waals surface area contributed by atoms with Crippen LogP contribution in [0, 0.1) is 0 Å². The van der Waals surface area contributed by atoms with Crippen molar-refractivity contribution < 1.29 is 9.53 Å². The summed E-state index contributed by atoms with van der Waals surface area (Å²) in [5, 5.41) is 6.57. The van der Waals surface area contributed by atoms with Gasteiger partial charge in [0.15, 0.2) is 5.11 Å². The Labute approximate surface area is 175 Å². The standard InChI is InChI=1S/C21H22ClN3O2S/c22-18-6-1-16(2-7-18)5-10-20(26)24-21(28)23-19-8-3-17(4-9-19)15-25-11-13-27-14-12-25/h1-10H,11-15H2,(H2,23,24,26,28)/b10-5+. The number of anilines is 1. The van der Waals surface area contributed by atoms with Crippen molar-refractivity contribution in [2.75, 3.05) is 31.6 Å². The molecular formula is C21H22ClN3O2S. The van der Waals surface area contributed by atoms with Gasteiger partial charge >= 0.3 is 0 Å². The zero-order valence-corrected chi connectivity index (χ0v) is 16.9. The highest BCUT2D eigenvalue weighted by Crippen LogP contribution is 2.13. The van der Waals surface area contributed by atoms with Gasteiger partial charge in [-0.3, -0.25) is 15.0 Å². The number of nitrogens with one attached hydrogen (secondary N) is 2. The Kier molecular flexibility index (Phi) is 7.56. The highest BCUT2D eigenvalue weighted by atomic mass is 35.5. The number of rotatable bonds is 5. The normalized spacial score (nSPS) is 14.8. The largest absolute Gasteiger partial charge is 0.379 e. The molecular weight excluding hydrogens is 394 g/mol. The first kappa shape index (κ1) is 20.5. The van der Waals surface area contributed by atoms with E-state index in [2.05, 4.69) is 27.7 Å². The highest BCUT2D eigenvalue weighted by molar-refractivity contribution is 7.80. The lowest BCUT2D eigenvalue weighted by molar-refractivity contribution is -0.115. The summed E-state index contributed by atoms with van der Waals surface area (Å²) in [6.07, 6.45) is 3.14. The van der Waals surface area contributed by atoms with Crippen molar-refractivity contribution in [1.82, 2.24) is 10.2 Å². The van der Waals surface area contributed by atoms with Crippen LogP contribution in [0.15, 0.2) is 54.6 Å². The predicted molar refractivity (Wildman–Crippen MR) is 117 cm³/mol. The van der Waals surface area contributed by atoms with E-state index in [-0.39, 0.29) is 11.0 Å². The second-order valence-electron chi connectivity index (χ2n) is 6.41. The lowest BCUT2D eigenvalue weighted by Crippen LogP contribution is -2.35. The topological polar surface area (TPSA) is 53.6 Å². The molecule has 1 amide bonds. The van der Waals surface area contributed by atoms with Crippen LogP contribution in [0.5, 0.6) is 0 Å². The zero-order chi connectivity index (χ0) is 19.8. The van der Waals surface area contributed by atoms with Crippen LogP contribution in [0.4, 0.5) is 5.69 Å². The van der Waals surface area contributed by atoms with Gasteiger partial charge in [-0.25, -0.2) is 0 Å². The molecule has 1 heterocycles. The molecule has 2 aromatic rings. The van der Waals surface area contributed by atoms with Crippen molar-refractivity contribution in [2.24, 2.45) is 0 Å². The molecule has 0 atom stereocenters. The Morgan fingerprint density at radius 3 is 2.46 bits per heavy atom. The van der Waals surface area contributed by atoms with Gasteiger partial charge in [-0.1, -0.05) is 35.9 Å². The third-order valence-corrected chi connectivity index (χ3v) is 4.71. The fraction of sp³-hybridized carbons (Fsp3) is 0.238. The molecule has 146 valence electrons. The monoisotopic (exact) mass is 415 g/mol. The Morgan fingerprint density at radius 2 is 1.79 bits per heavy atom. The van der Waals surface area contributed by atoms with Gasteiger partial charge in [0.1, 0.15) is 0 Å². The van der Waals surface area contributed by atoms with Crippen LogP contribution >= 0.6 is 23.8 Å². The van der Waals surface area contributed by atoms with Gasteiger partial charge in [0.2, 0.25) is 5.91 Å². The molecule has 2 aromatic carbocycles. The number of carbonyl (C=O) groups is 1. The molecule has 0 unspecified atom stereocenters. The van der Waals surface area contributed by atoms with Gasteiger partial charge in [-0.15, -0.1) is 0 Å². The lowest BCUT2D eigenvalue weighted by atomic mass is 10.2. The van der Waals surface area contributed by atoms with Crippen molar-refractivity contribution >= 4 is 46.6 Å². The number of nitrogens with zero attached hydrogens (tertiary/aromatic N) is 1. The van der Waals surface area contributed by atoms with Crippen LogP contribution < -0.4 is 10.6 Å². The number of benzene rings is 2. The van der Waals surface area contributed by atoms with E-state index >= 15 is 0 Å². The van der Waals surface area contributed by atoms with Crippen LogP contribution in [-0.2, 0) is 16.1 Å². The molecule has 0 spiro atoms. The van der Waals surface area contributed by atoms with Crippen molar-refractivity contribution in [1.29, 1.82) is 0 Å². The summed E-state index contributed by atoms with van der Waals surface area (Å²) in [6, 6.07) is 15.2. The van der Waals surface area contributed by atoms with Gasteiger partial charge < -0.3 is 10.1 Å². The third kappa shape index (κ3) is 6.73. The fourth-order valence-corrected chi connectivity index (χ4v) is 3.12. The van der Waals surface area contributed by atoms with Crippen LogP contribution in [0.2, 0.25) is 5.02 Å². The highest BCUT2D eigenvalue weighted by Gasteiger charge is 2.10. The van der Waals surface area contributed by atoms with Crippen molar-refractivity contribution in [3.8, 4) is 0 Å². The summed E-state index contributed by atoms with van der Waals surface area (Å²) in [6.45, 7) is 4.40. The van der Waals surface area contributed by atoms with E-state index in [0.29, 0.717) is 5.02 Å². The molecule has 0 aromatic heterocycles. The Hall–Kier alpha value is -2.25. The molecule has 7 heteroatoms. The quantitative estimate of drug-likeness (QED) is 0.576. The number of thiocarbonyl (C=S) groups is 1. The van der Waals surface area contributed by atoms with Crippen molar-refractivity contribution in [2.45, 2.75) is 6.54 Å². The van der Waals surface area contributed by atoms with Gasteiger partial charge in [0.05, 0.1) is 13.2 Å². The first-order valence-electron chi connectivity index (χ1n) is 9.03. The number of hydrogen-bond donors (Lipinski definition) is 2. The first-order chi connectivity index (χ1) is 13.6. The summed E-state index contributed by atoms with van der Waals surface area (Å²) < 4.78 is 5.37. The molecule has 0 saturated carbocycles. The van der Waals surface area contributed by atoms with E-state index in [4.69, 9.17) is 28.6 Å². The van der Waals surface area contributed by atoms with Gasteiger partial charge in [-0.2, -0.15) is 0 Å². The van der Waals surface area contributed by atoms with E-state index in [9.17, 15) is 4.79 Å². The Bertz CT molecular complexity index is 832. The molecule has 0 bridgehead atoms. The van der Waals surface area contributed by atoms with E-state index in [1.165, 1.54) is 11.6 Å². The maximum absolute atomic E-state index is 12.0. The Balaban J connectivity index is 1.45. The van der Waals surface area contributed by atoms with Gasteiger partial charge in [0.25, 0.3) is 0 Å². The van der Waals surface area contributed by atoms with Crippen LogP contribution in [0.3, 0.4) is 0 Å². The van der Waals surface area contributed by atoms with Crippen LogP contribution in [0.1, 0.15) is 11.1 Å². The number of amides is 1. The summed E-state index contributed by atoms with van der Waals surface area (Å²) >= 11 is 11.0. The summed E-state index contributed by atoms with van der Waals surface area (Å²) in [5.74, 6) is -0.295. The smallest absolute Gasteiger partial charge is 0.250 e. The number of ether oxygens (including phenoxy) is 1. The number of halogens is 1. The predicted octanol–water partition coefficient (Wildman–Crippen LogP) is 3.70. The van der Waals surface area contributed by atoms with Crippen molar-refractivity contribution in [3.05, 3.63) is 70.8 Å². The van der Waals surface area contributed by atoms with Crippen LogP contribution in [0.25, 0.3) is 6.08 Å². The molecule has 1 aliphatic heterocycles. The maximum Gasteiger partial charge on any atom is 0.250 e. The van der Waals surface area contributed by atoms with E-state index < -0.39 is 0 Å². The minimum atomic E-state index is -0.295. The van der Waals surface area contributed by atoms with Crippen LogP contribution in [-0.4, -0.2) is 42.2 Å². The molecule has 2 N–H and O–H groups in total. The van der Waals surface area contributed by atoms with E-state index in [1.54, 1.807) is 18.2 Å². The SMILES string of the molecule is O=C(/C=C/c1ccc(Cl)cc1)NC(=S)Nc1ccc(CN2CCOCC2)cc1. The number of carbonyl (C=O) groups excluding carboxylic acids is 1. The van der Waals surface area contributed by atoms with E-state index in [0.717, 1.165) is 44.1 Å². The number of morpholine rings is 1. The molecule has 0 radical (unpaired) electrons. The molecule has 0 aliphatic carbocycles. The maximum atomic E-state index is 12.0. The Morgan fingerprint density at radius 1 is 1.11 bits per heavy atom. The summed E-state index contributed by atoms with van der Waals surface area (Å²) in [5.41, 5.74) is 2.94. The minimum Gasteiger partial charge on any atom is -0.379 e. The minimum absolute atomic E-state index is 0.256. The van der Waals surface area contributed by atoms with E-state index in [1.807, 2.05) is 24.3 Å².